The van der Waals surface area contributed by atoms with Gasteiger partial charge in [-0.05, 0) is 55.4 Å². The average Bonchev–Trinajstić information content (AvgIpc) is 3.31. The second-order valence-electron chi connectivity index (χ2n) is 5.84. The summed E-state index contributed by atoms with van der Waals surface area (Å²) in [6.45, 7) is 1.74. The fourth-order valence-corrected chi connectivity index (χ4v) is 3.08. The van der Waals surface area contributed by atoms with Gasteiger partial charge in [-0.2, -0.15) is 11.8 Å². The molecule has 0 amide bonds. The third-order valence-electron chi connectivity index (χ3n) is 4.18. The van der Waals surface area contributed by atoms with E-state index in [-0.39, 0.29) is 35.2 Å². The van der Waals surface area contributed by atoms with Crippen LogP contribution in [-0.2, 0) is 5.41 Å². The molecule has 1 aliphatic carbocycles. The van der Waals surface area contributed by atoms with Gasteiger partial charge in [0.05, 0.1) is 0 Å². The van der Waals surface area contributed by atoms with Crippen LogP contribution in [0.25, 0.3) is 0 Å². The first kappa shape index (κ1) is 20.5. The van der Waals surface area contributed by atoms with E-state index in [2.05, 4.69) is 21.9 Å². The monoisotopic (exact) mass is 451 g/mol. The van der Waals surface area contributed by atoms with E-state index in [1.165, 1.54) is 18.2 Å². The summed E-state index contributed by atoms with van der Waals surface area (Å²) in [6, 6.07) is 6.98. The summed E-state index contributed by atoms with van der Waals surface area (Å²) in [5, 5.41) is 6.74. The van der Waals surface area contributed by atoms with Gasteiger partial charge in [0.1, 0.15) is 5.82 Å². The van der Waals surface area contributed by atoms with Crippen LogP contribution in [0.4, 0.5) is 4.39 Å². The average molecular weight is 451 g/mol. The van der Waals surface area contributed by atoms with Gasteiger partial charge in [0.15, 0.2) is 5.96 Å². The van der Waals surface area contributed by atoms with Crippen molar-refractivity contribution in [2.45, 2.75) is 31.1 Å². The molecule has 6 heteroatoms. The van der Waals surface area contributed by atoms with Crippen LogP contribution in [0.3, 0.4) is 0 Å². The Hall–Kier alpha value is -0.500. The minimum absolute atomic E-state index is 0. The molecule has 0 aliphatic heterocycles. The number of halogens is 2. The first-order chi connectivity index (χ1) is 10.7. The van der Waals surface area contributed by atoms with Crippen molar-refractivity contribution in [1.82, 2.24) is 10.6 Å². The van der Waals surface area contributed by atoms with Crippen molar-refractivity contribution < 1.29 is 4.39 Å². The summed E-state index contributed by atoms with van der Waals surface area (Å²) in [5.74, 6) is 1.89. The van der Waals surface area contributed by atoms with E-state index in [1.807, 2.05) is 17.8 Å². The Morgan fingerprint density at radius 3 is 2.70 bits per heavy atom. The molecular weight excluding hydrogens is 424 g/mol. The van der Waals surface area contributed by atoms with Crippen molar-refractivity contribution in [1.29, 1.82) is 0 Å². The largest absolute Gasteiger partial charge is 0.356 e. The molecule has 3 nitrogen and oxygen atoms in total. The molecule has 0 bridgehead atoms. The zero-order valence-electron chi connectivity index (χ0n) is 13.9. The van der Waals surface area contributed by atoms with E-state index in [9.17, 15) is 4.39 Å². The fourth-order valence-electron chi connectivity index (χ4n) is 2.59. The SMILES string of the molecule is CN=C(NCCCCSC)NCC1(c2cccc(F)c2)CC1.I. The highest BCUT2D eigenvalue weighted by Crippen LogP contribution is 2.47. The first-order valence-electron chi connectivity index (χ1n) is 7.90. The normalized spacial score (nSPS) is 15.7. The Bertz CT molecular complexity index is 506. The van der Waals surface area contributed by atoms with Crippen molar-refractivity contribution in [2.75, 3.05) is 32.1 Å². The molecule has 0 heterocycles. The molecule has 0 aromatic heterocycles. The number of nitrogens with zero attached hydrogens (tertiary/aromatic N) is 1. The van der Waals surface area contributed by atoms with Gasteiger partial charge in [0.25, 0.3) is 0 Å². The molecule has 2 N–H and O–H groups in total. The maximum atomic E-state index is 13.4. The molecule has 0 saturated heterocycles. The van der Waals surface area contributed by atoms with Gasteiger partial charge < -0.3 is 10.6 Å². The van der Waals surface area contributed by atoms with E-state index in [4.69, 9.17) is 0 Å². The summed E-state index contributed by atoms with van der Waals surface area (Å²) in [7, 11) is 1.79. The van der Waals surface area contributed by atoms with Crippen LogP contribution in [0.1, 0.15) is 31.2 Å². The predicted molar refractivity (Wildman–Crippen MR) is 110 cm³/mol. The summed E-state index contributed by atoms with van der Waals surface area (Å²) in [4.78, 5) is 4.26. The van der Waals surface area contributed by atoms with Crippen molar-refractivity contribution in [2.24, 2.45) is 4.99 Å². The highest BCUT2D eigenvalue weighted by atomic mass is 127. The number of unbranched alkanes of at least 4 members (excludes halogenated alkanes) is 1. The van der Waals surface area contributed by atoms with Gasteiger partial charge >= 0.3 is 0 Å². The van der Waals surface area contributed by atoms with Crippen LogP contribution in [0, 0.1) is 5.82 Å². The molecule has 2 rings (SSSR count). The molecule has 0 unspecified atom stereocenters. The first-order valence-corrected chi connectivity index (χ1v) is 9.29. The molecule has 1 saturated carbocycles. The lowest BCUT2D eigenvalue weighted by atomic mass is 9.96. The fraction of sp³-hybridized carbons (Fsp3) is 0.588. The lowest BCUT2D eigenvalue weighted by molar-refractivity contribution is 0.606. The minimum Gasteiger partial charge on any atom is -0.356 e. The third-order valence-corrected chi connectivity index (χ3v) is 4.87. The summed E-state index contributed by atoms with van der Waals surface area (Å²) >= 11 is 1.88. The van der Waals surface area contributed by atoms with Gasteiger partial charge in [-0.1, -0.05) is 12.1 Å². The number of guanidine groups is 1. The van der Waals surface area contributed by atoms with Crippen LogP contribution < -0.4 is 10.6 Å². The summed E-state index contributed by atoms with van der Waals surface area (Å²) in [5.41, 5.74) is 1.17. The maximum Gasteiger partial charge on any atom is 0.191 e. The molecule has 130 valence electrons. The summed E-state index contributed by atoms with van der Waals surface area (Å²) < 4.78 is 13.4. The van der Waals surface area contributed by atoms with E-state index in [0.29, 0.717) is 0 Å². The minimum atomic E-state index is -0.153. The molecule has 0 atom stereocenters. The Labute approximate surface area is 160 Å². The van der Waals surface area contributed by atoms with Crippen LogP contribution in [-0.4, -0.2) is 38.1 Å². The number of aliphatic imine (C=N–C) groups is 1. The molecular formula is C17H27FIN3S. The van der Waals surface area contributed by atoms with Gasteiger partial charge in [0.2, 0.25) is 0 Å². The zero-order valence-corrected chi connectivity index (χ0v) is 17.0. The Kier molecular flexibility index (Phi) is 9.27. The Balaban J connectivity index is 0.00000264. The number of hydrogen-bond donors (Lipinski definition) is 2. The highest BCUT2D eigenvalue weighted by Gasteiger charge is 2.44. The van der Waals surface area contributed by atoms with E-state index in [1.54, 1.807) is 19.2 Å². The molecule has 1 aromatic rings. The van der Waals surface area contributed by atoms with Crippen LogP contribution in [0.15, 0.2) is 29.3 Å². The third kappa shape index (κ3) is 6.49. The second kappa shape index (κ2) is 10.4. The number of thioether (sulfide) groups is 1. The predicted octanol–water partition coefficient (Wildman–Crippen LogP) is 3.78. The van der Waals surface area contributed by atoms with Crippen molar-refractivity contribution in [3.05, 3.63) is 35.6 Å². The van der Waals surface area contributed by atoms with Crippen LogP contribution in [0.2, 0.25) is 0 Å². The smallest absolute Gasteiger partial charge is 0.191 e. The molecule has 0 spiro atoms. The van der Waals surface area contributed by atoms with E-state index in [0.717, 1.165) is 43.9 Å². The maximum absolute atomic E-state index is 13.4. The highest BCUT2D eigenvalue weighted by molar-refractivity contribution is 14.0. The van der Waals surface area contributed by atoms with Crippen LogP contribution in [0.5, 0.6) is 0 Å². The second-order valence-corrected chi connectivity index (χ2v) is 6.83. The molecule has 23 heavy (non-hydrogen) atoms. The molecule has 1 aliphatic rings. The molecule has 0 radical (unpaired) electrons. The van der Waals surface area contributed by atoms with Gasteiger partial charge in [-0.25, -0.2) is 4.39 Å². The van der Waals surface area contributed by atoms with Crippen molar-refractivity contribution in [3.63, 3.8) is 0 Å². The lowest BCUT2D eigenvalue weighted by Gasteiger charge is -2.19. The topological polar surface area (TPSA) is 36.4 Å². The Morgan fingerprint density at radius 2 is 2.09 bits per heavy atom. The van der Waals surface area contributed by atoms with Crippen LogP contribution >= 0.6 is 35.7 Å². The number of rotatable bonds is 8. The molecule has 1 fully saturated rings. The number of hydrogen-bond acceptors (Lipinski definition) is 2. The standard InChI is InChI=1S/C17H26FN3S.HI/c1-19-16(20-10-3-4-11-22-2)21-13-17(8-9-17)14-6-5-7-15(18)12-14;/h5-7,12H,3-4,8-11,13H2,1-2H3,(H2,19,20,21);1H. The quantitative estimate of drug-likeness (QED) is 0.273. The van der Waals surface area contributed by atoms with Gasteiger partial charge in [0, 0.05) is 25.6 Å². The summed E-state index contributed by atoms with van der Waals surface area (Å²) in [6.07, 6.45) is 6.72. The van der Waals surface area contributed by atoms with Crippen molar-refractivity contribution >= 4 is 41.7 Å². The van der Waals surface area contributed by atoms with Crippen molar-refractivity contribution in [3.8, 4) is 0 Å². The zero-order chi connectivity index (χ0) is 15.8. The van der Waals surface area contributed by atoms with Gasteiger partial charge in [-0.3, -0.25) is 4.99 Å². The van der Waals surface area contributed by atoms with E-state index < -0.39 is 0 Å². The Morgan fingerprint density at radius 1 is 1.30 bits per heavy atom. The number of nitrogens with one attached hydrogen (secondary N) is 2. The number of benzene rings is 1. The van der Waals surface area contributed by atoms with Gasteiger partial charge in [-0.15, -0.1) is 24.0 Å². The molecule has 1 aromatic carbocycles. The lowest BCUT2D eigenvalue weighted by Crippen LogP contribution is -2.41. The van der Waals surface area contributed by atoms with E-state index >= 15 is 0 Å².